The number of nitrogens with zero attached hydrogens (tertiary/aromatic N) is 1. The van der Waals surface area contributed by atoms with Gasteiger partial charge in [0.1, 0.15) is 5.94 Å². The first kappa shape index (κ1) is 13.7. The van der Waals surface area contributed by atoms with E-state index in [2.05, 4.69) is 6.58 Å². The third kappa shape index (κ3) is 2.81. The van der Waals surface area contributed by atoms with Gasteiger partial charge in [-0.05, 0) is 18.4 Å². The molecule has 0 aliphatic carbocycles. The number of carbonyl (C=O) groups excluding carboxylic acids is 2. The van der Waals surface area contributed by atoms with Gasteiger partial charge in [-0.1, -0.05) is 18.7 Å². The molecule has 0 fully saturated rings. The summed E-state index contributed by atoms with van der Waals surface area (Å²) < 4.78 is 5.32. The molecule has 0 saturated heterocycles. The Labute approximate surface area is 116 Å². The van der Waals surface area contributed by atoms with Crippen LogP contribution in [-0.4, -0.2) is 35.5 Å². The molecule has 1 aliphatic heterocycles. The van der Waals surface area contributed by atoms with E-state index < -0.39 is 0 Å². The van der Waals surface area contributed by atoms with E-state index in [0.717, 1.165) is 0 Å². The molecule has 0 spiro atoms. The fourth-order valence-corrected chi connectivity index (χ4v) is 2.18. The summed E-state index contributed by atoms with van der Waals surface area (Å²) in [6.07, 6.45) is 2.39. The van der Waals surface area contributed by atoms with Gasteiger partial charge in [0.2, 0.25) is 0 Å². The molecule has 19 heavy (non-hydrogen) atoms. The number of benzene rings is 1. The molecule has 0 atom stereocenters. The number of hydrogen-bond donors (Lipinski definition) is 0. The normalized spacial score (nSPS) is 13.6. The van der Waals surface area contributed by atoms with Crippen LogP contribution in [0.3, 0.4) is 0 Å². The summed E-state index contributed by atoms with van der Waals surface area (Å²) in [5.41, 5.74) is 0.950. The molecule has 1 heterocycles. The molecule has 2 amide bonds. The lowest BCUT2D eigenvalue weighted by Crippen LogP contribution is -2.31. The first-order valence-electron chi connectivity index (χ1n) is 5.90. The quantitative estimate of drug-likeness (QED) is 0.455. The van der Waals surface area contributed by atoms with Crippen molar-refractivity contribution in [2.24, 2.45) is 0 Å². The molecular weight excluding hydrogens is 262 g/mol. The summed E-state index contributed by atoms with van der Waals surface area (Å²) in [4.78, 5) is 25.4. The zero-order valence-corrected chi connectivity index (χ0v) is 11.5. The number of thioether (sulfide) groups is 1. The van der Waals surface area contributed by atoms with Gasteiger partial charge in [0, 0.05) is 13.0 Å². The van der Waals surface area contributed by atoms with Crippen LogP contribution in [0.5, 0.6) is 0 Å². The summed E-state index contributed by atoms with van der Waals surface area (Å²) >= 11 is 1.55. The van der Waals surface area contributed by atoms with E-state index in [0.29, 0.717) is 35.8 Å². The summed E-state index contributed by atoms with van der Waals surface area (Å²) in [7, 11) is 0. The Hall–Kier alpha value is -1.75. The highest BCUT2D eigenvalue weighted by Gasteiger charge is 2.34. The lowest BCUT2D eigenvalue weighted by Gasteiger charge is -2.14. The van der Waals surface area contributed by atoms with Crippen LogP contribution < -0.4 is 0 Å². The molecule has 0 bridgehead atoms. The topological polar surface area (TPSA) is 46.6 Å². The third-order valence-corrected chi connectivity index (χ3v) is 3.23. The van der Waals surface area contributed by atoms with Crippen molar-refractivity contribution >= 4 is 23.6 Å². The molecule has 0 unspecified atom stereocenters. The monoisotopic (exact) mass is 277 g/mol. The Morgan fingerprint density at radius 2 is 1.84 bits per heavy atom. The van der Waals surface area contributed by atoms with E-state index in [4.69, 9.17) is 4.74 Å². The molecule has 4 nitrogen and oxygen atoms in total. The van der Waals surface area contributed by atoms with E-state index >= 15 is 0 Å². The zero-order chi connectivity index (χ0) is 13.8. The molecule has 0 radical (unpaired) electrons. The fraction of sp³-hybridized carbons (Fsp3) is 0.286. The van der Waals surface area contributed by atoms with Gasteiger partial charge in [0.25, 0.3) is 11.8 Å². The molecule has 0 N–H and O–H groups in total. The largest absolute Gasteiger partial charge is 0.488 e. The van der Waals surface area contributed by atoms with Crippen LogP contribution in [0.15, 0.2) is 36.6 Å². The van der Waals surface area contributed by atoms with Crippen molar-refractivity contribution in [2.45, 2.75) is 6.42 Å². The number of fused-ring (bicyclic) bond motifs is 1. The van der Waals surface area contributed by atoms with Crippen molar-refractivity contribution in [3.05, 3.63) is 47.7 Å². The van der Waals surface area contributed by atoms with Gasteiger partial charge < -0.3 is 4.74 Å². The van der Waals surface area contributed by atoms with E-state index in [-0.39, 0.29) is 11.8 Å². The number of amides is 2. The van der Waals surface area contributed by atoms with Crippen molar-refractivity contribution in [2.75, 3.05) is 18.7 Å². The summed E-state index contributed by atoms with van der Waals surface area (Å²) in [5.74, 6) is 0.642. The lowest BCUT2D eigenvalue weighted by atomic mass is 10.1. The number of rotatable bonds is 6. The molecule has 0 saturated carbocycles. The van der Waals surface area contributed by atoms with Crippen molar-refractivity contribution < 1.29 is 14.3 Å². The van der Waals surface area contributed by atoms with Gasteiger partial charge in [0.05, 0.1) is 16.9 Å². The standard InChI is InChI=1S/C14H15NO3S/c1-10(18-9-19-2)7-8-15-13(16)11-5-3-4-6-12(11)14(15)17/h3-6H,1,7-9H2,2H3. The van der Waals surface area contributed by atoms with Crippen molar-refractivity contribution in [1.82, 2.24) is 4.90 Å². The van der Waals surface area contributed by atoms with E-state index in [1.54, 1.807) is 36.0 Å². The van der Waals surface area contributed by atoms with E-state index in [1.165, 1.54) is 4.90 Å². The maximum Gasteiger partial charge on any atom is 0.261 e. The smallest absolute Gasteiger partial charge is 0.261 e. The SMILES string of the molecule is C=C(CCN1C(=O)c2ccccc2C1=O)OCSC. The molecule has 5 heteroatoms. The number of ether oxygens (including phenoxy) is 1. The van der Waals surface area contributed by atoms with Gasteiger partial charge in [-0.3, -0.25) is 14.5 Å². The summed E-state index contributed by atoms with van der Waals surface area (Å²) in [6.45, 7) is 4.07. The first-order valence-corrected chi connectivity index (χ1v) is 7.29. The molecule has 1 aliphatic rings. The van der Waals surface area contributed by atoms with Crippen molar-refractivity contribution in [3.63, 3.8) is 0 Å². The Morgan fingerprint density at radius 3 is 2.37 bits per heavy atom. The van der Waals surface area contributed by atoms with Crippen LogP contribution in [-0.2, 0) is 4.74 Å². The predicted molar refractivity (Wildman–Crippen MR) is 75.0 cm³/mol. The second kappa shape index (κ2) is 5.93. The van der Waals surface area contributed by atoms with Crippen LogP contribution in [0.2, 0.25) is 0 Å². The van der Waals surface area contributed by atoms with E-state index in [1.807, 2.05) is 6.26 Å². The number of imide groups is 1. The van der Waals surface area contributed by atoms with Gasteiger partial charge in [-0.2, -0.15) is 0 Å². The predicted octanol–water partition coefficient (Wildman–Crippen LogP) is 2.52. The lowest BCUT2D eigenvalue weighted by molar-refractivity contribution is 0.0650. The van der Waals surface area contributed by atoms with Gasteiger partial charge >= 0.3 is 0 Å². The molecule has 100 valence electrons. The summed E-state index contributed by atoms with van der Waals surface area (Å²) in [5, 5.41) is 0. The zero-order valence-electron chi connectivity index (χ0n) is 10.7. The average molecular weight is 277 g/mol. The maximum absolute atomic E-state index is 12.1. The second-order valence-corrected chi connectivity index (χ2v) is 4.96. The van der Waals surface area contributed by atoms with E-state index in [9.17, 15) is 9.59 Å². The fourth-order valence-electron chi connectivity index (χ4n) is 1.89. The third-order valence-electron chi connectivity index (χ3n) is 2.87. The van der Waals surface area contributed by atoms with Crippen LogP contribution in [0.25, 0.3) is 0 Å². The van der Waals surface area contributed by atoms with Crippen LogP contribution in [0, 0.1) is 0 Å². The first-order chi connectivity index (χ1) is 9.15. The number of hydrogen-bond acceptors (Lipinski definition) is 4. The average Bonchev–Trinajstić information content (AvgIpc) is 2.67. The van der Waals surface area contributed by atoms with Gasteiger partial charge in [0.15, 0.2) is 0 Å². The highest BCUT2D eigenvalue weighted by molar-refractivity contribution is 7.98. The maximum atomic E-state index is 12.1. The Bertz CT molecular complexity index is 492. The van der Waals surface area contributed by atoms with Crippen LogP contribution >= 0.6 is 11.8 Å². The minimum absolute atomic E-state index is 0.238. The van der Waals surface area contributed by atoms with Crippen LogP contribution in [0.1, 0.15) is 27.1 Å². The molecule has 2 rings (SSSR count). The highest BCUT2D eigenvalue weighted by atomic mass is 32.2. The van der Waals surface area contributed by atoms with Crippen molar-refractivity contribution in [1.29, 1.82) is 0 Å². The Balaban J connectivity index is 1.99. The second-order valence-electron chi connectivity index (χ2n) is 4.15. The number of carbonyl (C=O) groups is 2. The molecular formula is C14H15NO3S. The molecule has 1 aromatic carbocycles. The minimum Gasteiger partial charge on any atom is -0.488 e. The molecule has 0 aromatic heterocycles. The minimum atomic E-state index is -0.238. The molecule has 1 aromatic rings. The van der Waals surface area contributed by atoms with Gasteiger partial charge in [-0.15, -0.1) is 11.8 Å². The Morgan fingerprint density at radius 1 is 1.26 bits per heavy atom. The summed E-state index contributed by atoms with van der Waals surface area (Å²) in [6, 6.07) is 6.87. The van der Waals surface area contributed by atoms with Gasteiger partial charge in [-0.25, -0.2) is 0 Å². The Kier molecular flexibility index (Phi) is 4.27. The van der Waals surface area contributed by atoms with Crippen molar-refractivity contribution in [3.8, 4) is 0 Å². The highest BCUT2D eigenvalue weighted by Crippen LogP contribution is 2.23. The van der Waals surface area contributed by atoms with Crippen LogP contribution in [0.4, 0.5) is 0 Å².